The normalized spacial score (nSPS) is 18.9. The monoisotopic (exact) mass is 202 g/mol. The molecule has 0 spiro atoms. The quantitative estimate of drug-likeness (QED) is 0.614. The number of fused-ring (bicyclic) bond motifs is 2. The molecule has 0 bridgehead atoms. The second-order valence-corrected chi connectivity index (χ2v) is 3.88. The minimum atomic E-state index is -0.325. The molecule has 3 rings (SSSR count). The molecule has 76 valence electrons. The molecule has 1 aliphatic heterocycles. The average Bonchev–Trinajstić information content (AvgIpc) is 2.53. The summed E-state index contributed by atoms with van der Waals surface area (Å²) in [5, 5.41) is 0.950. The SMILES string of the molecule is CC1Cc2cc3ccc(=O)oc3cc2O1. The van der Waals surface area contributed by atoms with Gasteiger partial charge in [0.05, 0.1) is 0 Å². The van der Waals surface area contributed by atoms with Gasteiger partial charge in [0.15, 0.2) is 0 Å². The van der Waals surface area contributed by atoms with Crippen molar-refractivity contribution in [2.45, 2.75) is 19.4 Å². The first-order valence-electron chi connectivity index (χ1n) is 4.96. The zero-order valence-corrected chi connectivity index (χ0v) is 8.32. The van der Waals surface area contributed by atoms with Crippen molar-refractivity contribution in [3.8, 4) is 5.75 Å². The fourth-order valence-corrected chi connectivity index (χ4v) is 1.98. The maximum atomic E-state index is 11.0. The highest BCUT2D eigenvalue weighted by Crippen LogP contribution is 2.32. The molecule has 0 saturated carbocycles. The Bertz CT molecular complexity index is 583. The summed E-state index contributed by atoms with van der Waals surface area (Å²) in [5.74, 6) is 0.837. The molecule has 0 amide bonds. The summed E-state index contributed by atoms with van der Waals surface area (Å²) in [5.41, 5.74) is 1.45. The van der Waals surface area contributed by atoms with Crippen molar-refractivity contribution < 1.29 is 9.15 Å². The van der Waals surface area contributed by atoms with Crippen molar-refractivity contribution >= 4 is 11.0 Å². The molecule has 1 atom stereocenters. The first-order valence-corrected chi connectivity index (χ1v) is 4.96. The van der Waals surface area contributed by atoms with Crippen molar-refractivity contribution in [3.63, 3.8) is 0 Å². The van der Waals surface area contributed by atoms with Crippen LogP contribution in [-0.2, 0) is 6.42 Å². The molecule has 1 aliphatic rings. The molecule has 0 saturated heterocycles. The lowest BCUT2D eigenvalue weighted by atomic mass is 10.1. The van der Waals surface area contributed by atoms with Crippen molar-refractivity contribution in [2.75, 3.05) is 0 Å². The van der Waals surface area contributed by atoms with Crippen LogP contribution in [0.3, 0.4) is 0 Å². The third kappa shape index (κ3) is 1.31. The summed E-state index contributed by atoms with van der Waals surface area (Å²) in [7, 11) is 0. The number of hydrogen-bond acceptors (Lipinski definition) is 3. The van der Waals surface area contributed by atoms with Gasteiger partial charge < -0.3 is 9.15 Å². The summed E-state index contributed by atoms with van der Waals surface area (Å²) in [6.45, 7) is 2.03. The van der Waals surface area contributed by atoms with E-state index in [1.807, 2.05) is 13.0 Å². The third-order valence-corrected chi connectivity index (χ3v) is 2.64. The predicted molar refractivity (Wildman–Crippen MR) is 56.3 cm³/mol. The summed E-state index contributed by atoms with van der Waals surface area (Å²) in [4.78, 5) is 11.0. The van der Waals surface area contributed by atoms with E-state index in [4.69, 9.17) is 9.15 Å². The van der Waals surface area contributed by atoms with Gasteiger partial charge in [-0.05, 0) is 24.6 Å². The minimum Gasteiger partial charge on any atom is -0.490 e. The Morgan fingerprint density at radius 2 is 2.20 bits per heavy atom. The van der Waals surface area contributed by atoms with Gasteiger partial charge in [0.1, 0.15) is 17.4 Å². The van der Waals surface area contributed by atoms with Gasteiger partial charge in [-0.2, -0.15) is 0 Å². The van der Waals surface area contributed by atoms with Gasteiger partial charge in [-0.1, -0.05) is 0 Å². The van der Waals surface area contributed by atoms with Crippen LogP contribution in [0.1, 0.15) is 12.5 Å². The van der Waals surface area contributed by atoms with Gasteiger partial charge in [0, 0.05) is 23.9 Å². The van der Waals surface area contributed by atoms with Gasteiger partial charge in [0.2, 0.25) is 0 Å². The molecule has 1 aromatic heterocycles. The second-order valence-electron chi connectivity index (χ2n) is 3.88. The van der Waals surface area contributed by atoms with E-state index in [1.165, 1.54) is 11.6 Å². The molecule has 1 unspecified atom stereocenters. The van der Waals surface area contributed by atoms with Crippen LogP contribution in [0, 0.1) is 0 Å². The second kappa shape index (κ2) is 2.86. The lowest BCUT2D eigenvalue weighted by molar-refractivity contribution is 0.254. The Labute approximate surface area is 86.3 Å². The maximum Gasteiger partial charge on any atom is 0.336 e. The molecule has 0 N–H and O–H groups in total. The smallest absolute Gasteiger partial charge is 0.336 e. The fraction of sp³-hybridized carbons (Fsp3) is 0.250. The molecule has 0 radical (unpaired) electrons. The minimum absolute atomic E-state index is 0.212. The van der Waals surface area contributed by atoms with Crippen LogP contribution in [0.2, 0.25) is 0 Å². The Kier molecular flexibility index (Phi) is 1.63. The van der Waals surface area contributed by atoms with E-state index < -0.39 is 0 Å². The summed E-state index contributed by atoms with van der Waals surface area (Å²) >= 11 is 0. The molecule has 0 aliphatic carbocycles. The molecular formula is C12H10O3. The van der Waals surface area contributed by atoms with Crippen molar-refractivity contribution in [2.24, 2.45) is 0 Å². The standard InChI is InChI=1S/C12H10O3/c1-7-4-9-5-8-2-3-12(13)15-10(8)6-11(9)14-7/h2-3,5-7H,4H2,1H3. The van der Waals surface area contributed by atoms with E-state index in [-0.39, 0.29) is 11.7 Å². The Morgan fingerprint density at radius 1 is 1.33 bits per heavy atom. The Hall–Kier alpha value is -1.77. The number of rotatable bonds is 0. The highest BCUT2D eigenvalue weighted by atomic mass is 16.5. The van der Waals surface area contributed by atoms with E-state index in [1.54, 1.807) is 12.1 Å². The molecule has 2 heterocycles. The van der Waals surface area contributed by atoms with Gasteiger partial charge >= 0.3 is 5.63 Å². The van der Waals surface area contributed by atoms with Crippen LogP contribution in [0.4, 0.5) is 0 Å². The molecule has 1 aromatic carbocycles. The lowest BCUT2D eigenvalue weighted by Crippen LogP contribution is -2.05. The van der Waals surface area contributed by atoms with Gasteiger partial charge in [0.25, 0.3) is 0 Å². The Balaban J connectivity index is 2.29. The van der Waals surface area contributed by atoms with Crippen molar-refractivity contribution in [3.05, 3.63) is 40.2 Å². The molecule has 2 aromatic rings. The van der Waals surface area contributed by atoms with E-state index in [2.05, 4.69) is 0 Å². The lowest BCUT2D eigenvalue weighted by Gasteiger charge is -2.02. The molecule has 0 fully saturated rings. The van der Waals surface area contributed by atoms with E-state index in [9.17, 15) is 4.79 Å². The molecular weight excluding hydrogens is 192 g/mol. The van der Waals surface area contributed by atoms with Crippen LogP contribution >= 0.6 is 0 Å². The summed E-state index contributed by atoms with van der Waals surface area (Å²) in [6, 6.07) is 7.05. The fourth-order valence-electron chi connectivity index (χ4n) is 1.98. The van der Waals surface area contributed by atoms with E-state index in [0.717, 1.165) is 17.6 Å². The maximum absolute atomic E-state index is 11.0. The van der Waals surface area contributed by atoms with Gasteiger partial charge in [-0.15, -0.1) is 0 Å². The van der Waals surface area contributed by atoms with E-state index >= 15 is 0 Å². The zero-order chi connectivity index (χ0) is 10.4. The molecule has 3 nitrogen and oxygen atoms in total. The van der Waals surface area contributed by atoms with Crippen LogP contribution in [0.25, 0.3) is 11.0 Å². The highest BCUT2D eigenvalue weighted by molar-refractivity contribution is 5.79. The summed E-state index contributed by atoms with van der Waals surface area (Å²) < 4.78 is 10.7. The highest BCUT2D eigenvalue weighted by Gasteiger charge is 2.19. The molecule has 3 heteroatoms. The largest absolute Gasteiger partial charge is 0.490 e. The Morgan fingerprint density at radius 3 is 3.07 bits per heavy atom. The number of hydrogen-bond donors (Lipinski definition) is 0. The average molecular weight is 202 g/mol. The topological polar surface area (TPSA) is 39.4 Å². The van der Waals surface area contributed by atoms with Crippen LogP contribution < -0.4 is 10.4 Å². The van der Waals surface area contributed by atoms with Crippen molar-refractivity contribution in [1.82, 2.24) is 0 Å². The third-order valence-electron chi connectivity index (χ3n) is 2.64. The first kappa shape index (κ1) is 8.53. The van der Waals surface area contributed by atoms with Gasteiger partial charge in [-0.3, -0.25) is 0 Å². The predicted octanol–water partition coefficient (Wildman–Crippen LogP) is 2.12. The van der Waals surface area contributed by atoms with Crippen LogP contribution in [-0.4, -0.2) is 6.10 Å². The van der Waals surface area contributed by atoms with E-state index in [0.29, 0.717) is 5.58 Å². The van der Waals surface area contributed by atoms with Crippen LogP contribution in [0.5, 0.6) is 5.75 Å². The van der Waals surface area contributed by atoms with Crippen LogP contribution in [0.15, 0.2) is 33.5 Å². The zero-order valence-electron chi connectivity index (χ0n) is 8.32. The molecule has 15 heavy (non-hydrogen) atoms. The number of benzene rings is 1. The number of ether oxygens (including phenoxy) is 1. The van der Waals surface area contributed by atoms with Crippen molar-refractivity contribution in [1.29, 1.82) is 0 Å². The first-order chi connectivity index (χ1) is 7.22. The van der Waals surface area contributed by atoms with Gasteiger partial charge in [-0.25, -0.2) is 4.79 Å². The summed E-state index contributed by atoms with van der Waals surface area (Å²) in [6.07, 6.45) is 1.13.